The SMILES string of the molecule is COc1ccc(NC(=O)c2cc(C)n(Cc3ccco3)c2C)cc1OCc1cccnc1. The number of amides is 1. The summed E-state index contributed by atoms with van der Waals surface area (Å²) >= 11 is 0. The van der Waals surface area contributed by atoms with Gasteiger partial charge in [0.15, 0.2) is 11.5 Å². The number of carbonyl (C=O) groups is 1. The second-order valence-corrected chi connectivity index (χ2v) is 7.42. The van der Waals surface area contributed by atoms with Gasteiger partial charge in [0.05, 0.1) is 25.5 Å². The van der Waals surface area contributed by atoms with Crippen LogP contribution in [0.2, 0.25) is 0 Å². The van der Waals surface area contributed by atoms with Crippen LogP contribution in [-0.4, -0.2) is 22.6 Å². The monoisotopic (exact) mass is 431 g/mol. The number of hydrogen-bond acceptors (Lipinski definition) is 5. The zero-order valence-electron chi connectivity index (χ0n) is 18.3. The van der Waals surface area contributed by atoms with Gasteiger partial charge < -0.3 is 23.8 Å². The number of furan rings is 1. The number of aromatic nitrogens is 2. The topological polar surface area (TPSA) is 78.5 Å². The average molecular weight is 431 g/mol. The van der Waals surface area contributed by atoms with Crippen LogP contribution in [0.4, 0.5) is 5.69 Å². The van der Waals surface area contributed by atoms with E-state index in [0.29, 0.717) is 35.9 Å². The number of rotatable bonds is 8. The summed E-state index contributed by atoms with van der Waals surface area (Å²) in [6, 6.07) is 14.8. The number of pyridine rings is 1. The number of nitrogens with one attached hydrogen (secondary N) is 1. The molecule has 3 aromatic heterocycles. The van der Waals surface area contributed by atoms with Crippen LogP contribution in [0.5, 0.6) is 11.5 Å². The zero-order chi connectivity index (χ0) is 22.5. The van der Waals surface area contributed by atoms with E-state index in [1.54, 1.807) is 44.0 Å². The van der Waals surface area contributed by atoms with Gasteiger partial charge in [-0.05, 0) is 50.2 Å². The highest BCUT2D eigenvalue weighted by Gasteiger charge is 2.17. The highest BCUT2D eigenvalue weighted by molar-refractivity contribution is 6.05. The third-order valence-corrected chi connectivity index (χ3v) is 5.25. The molecule has 0 radical (unpaired) electrons. The van der Waals surface area contributed by atoms with E-state index in [-0.39, 0.29) is 5.91 Å². The van der Waals surface area contributed by atoms with E-state index in [1.807, 2.05) is 44.2 Å². The summed E-state index contributed by atoms with van der Waals surface area (Å²) in [4.78, 5) is 17.1. The second kappa shape index (κ2) is 9.43. The molecule has 0 aliphatic heterocycles. The summed E-state index contributed by atoms with van der Waals surface area (Å²) in [7, 11) is 1.58. The first kappa shape index (κ1) is 21.2. The van der Waals surface area contributed by atoms with Crippen LogP contribution in [-0.2, 0) is 13.2 Å². The fourth-order valence-electron chi connectivity index (χ4n) is 3.54. The Morgan fingerprint density at radius 1 is 1.12 bits per heavy atom. The third kappa shape index (κ3) is 4.67. The Hall–Kier alpha value is -4.00. The molecule has 0 unspecified atom stereocenters. The van der Waals surface area contributed by atoms with Crippen molar-refractivity contribution in [2.75, 3.05) is 12.4 Å². The maximum absolute atomic E-state index is 13.0. The predicted octanol–water partition coefficient (Wildman–Crippen LogP) is 4.98. The van der Waals surface area contributed by atoms with Gasteiger partial charge >= 0.3 is 0 Å². The number of anilines is 1. The summed E-state index contributed by atoms with van der Waals surface area (Å²) in [6.07, 6.45) is 5.11. The molecule has 0 spiro atoms. The minimum atomic E-state index is -0.188. The lowest BCUT2D eigenvalue weighted by molar-refractivity contribution is 0.102. The Labute approximate surface area is 186 Å². The van der Waals surface area contributed by atoms with Crippen molar-refractivity contribution in [3.8, 4) is 11.5 Å². The summed E-state index contributed by atoms with van der Waals surface area (Å²) in [5.41, 5.74) is 4.03. The molecule has 3 heterocycles. The molecule has 164 valence electrons. The fourth-order valence-corrected chi connectivity index (χ4v) is 3.54. The lowest BCUT2D eigenvalue weighted by Gasteiger charge is -2.13. The van der Waals surface area contributed by atoms with Gasteiger partial charge in [-0.25, -0.2) is 0 Å². The number of carbonyl (C=O) groups excluding carboxylic acids is 1. The van der Waals surface area contributed by atoms with Crippen LogP contribution in [0.1, 0.15) is 33.1 Å². The highest BCUT2D eigenvalue weighted by atomic mass is 16.5. The molecule has 32 heavy (non-hydrogen) atoms. The number of aryl methyl sites for hydroxylation is 1. The normalized spacial score (nSPS) is 10.7. The van der Waals surface area contributed by atoms with Gasteiger partial charge in [-0.2, -0.15) is 0 Å². The third-order valence-electron chi connectivity index (χ3n) is 5.25. The summed E-state index contributed by atoms with van der Waals surface area (Å²) < 4.78 is 18.8. The molecule has 0 aliphatic rings. The first-order valence-corrected chi connectivity index (χ1v) is 10.3. The molecule has 1 aromatic carbocycles. The Morgan fingerprint density at radius 3 is 2.72 bits per heavy atom. The largest absolute Gasteiger partial charge is 0.493 e. The standard InChI is InChI=1S/C25H25N3O4/c1-17-12-22(18(2)28(17)15-21-7-5-11-31-21)25(29)27-20-8-9-23(30-3)24(13-20)32-16-19-6-4-10-26-14-19/h4-14H,15-16H2,1-3H3,(H,27,29). The molecule has 0 aliphatic carbocycles. The minimum Gasteiger partial charge on any atom is -0.493 e. The fraction of sp³-hybridized carbons (Fsp3) is 0.200. The highest BCUT2D eigenvalue weighted by Crippen LogP contribution is 2.31. The van der Waals surface area contributed by atoms with Crippen molar-refractivity contribution < 1.29 is 18.7 Å². The van der Waals surface area contributed by atoms with E-state index in [0.717, 1.165) is 22.7 Å². The maximum Gasteiger partial charge on any atom is 0.257 e. The summed E-state index contributed by atoms with van der Waals surface area (Å²) in [5.74, 6) is 1.78. The van der Waals surface area contributed by atoms with E-state index < -0.39 is 0 Å². The Balaban J connectivity index is 1.50. The minimum absolute atomic E-state index is 0.188. The first-order chi connectivity index (χ1) is 15.5. The van der Waals surface area contributed by atoms with E-state index in [9.17, 15) is 4.79 Å². The van der Waals surface area contributed by atoms with Crippen LogP contribution in [0.3, 0.4) is 0 Å². The average Bonchev–Trinajstić information content (AvgIpc) is 3.42. The van der Waals surface area contributed by atoms with Gasteiger partial charge in [0.1, 0.15) is 12.4 Å². The summed E-state index contributed by atoms with van der Waals surface area (Å²) in [6.45, 7) is 4.83. The van der Waals surface area contributed by atoms with Gasteiger partial charge in [0.25, 0.3) is 5.91 Å². The number of ether oxygens (including phenoxy) is 2. The van der Waals surface area contributed by atoms with Crippen molar-refractivity contribution in [3.63, 3.8) is 0 Å². The van der Waals surface area contributed by atoms with Gasteiger partial charge in [-0.3, -0.25) is 9.78 Å². The molecule has 1 amide bonds. The predicted molar refractivity (Wildman–Crippen MR) is 121 cm³/mol. The molecule has 0 fully saturated rings. The number of hydrogen-bond donors (Lipinski definition) is 1. The molecule has 1 N–H and O–H groups in total. The second-order valence-electron chi connectivity index (χ2n) is 7.42. The zero-order valence-corrected chi connectivity index (χ0v) is 18.3. The Morgan fingerprint density at radius 2 is 2.00 bits per heavy atom. The first-order valence-electron chi connectivity index (χ1n) is 10.3. The molecule has 7 heteroatoms. The molecule has 0 saturated carbocycles. The van der Waals surface area contributed by atoms with Gasteiger partial charge in [0.2, 0.25) is 0 Å². The van der Waals surface area contributed by atoms with Gasteiger partial charge in [-0.15, -0.1) is 0 Å². The van der Waals surface area contributed by atoms with Gasteiger partial charge in [0, 0.05) is 41.1 Å². The molecule has 7 nitrogen and oxygen atoms in total. The Kier molecular flexibility index (Phi) is 6.26. The molecule has 0 atom stereocenters. The van der Waals surface area contributed by atoms with Crippen LogP contribution >= 0.6 is 0 Å². The van der Waals surface area contributed by atoms with E-state index in [2.05, 4.69) is 14.9 Å². The maximum atomic E-state index is 13.0. The molecular weight excluding hydrogens is 406 g/mol. The molecule has 4 rings (SSSR count). The van der Waals surface area contributed by atoms with Crippen LogP contribution in [0.25, 0.3) is 0 Å². The molecule has 0 bridgehead atoms. The van der Waals surface area contributed by atoms with E-state index in [4.69, 9.17) is 13.9 Å². The van der Waals surface area contributed by atoms with Crippen molar-refractivity contribution in [2.45, 2.75) is 27.0 Å². The van der Waals surface area contributed by atoms with Crippen molar-refractivity contribution >= 4 is 11.6 Å². The van der Waals surface area contributed by atoms with Crippen molar-refractivity contribution in [1.82, 2.24) is 9.55 Å². The number of methoxy groups -OCH3 is 1. The number of benzene rings is 1. The van der Waals surface area contributed by atoms with E-state index >= 15 is 0 Å². The summed E-state index contributed by atoms with van der Waals surface area (Å²) in [5, 5.41) is 2.96. The molecule has 4 aromatic rings. The lowest BCUT2D eigenvalue weighted by atomic mass is 10.2. The van der Waals surface area contributed by atoms with Crippen molar-refractivity contribution in [2.24, 2.45) is 0 Å². The Bertz CT molecular complexity index is 1200. The quantitative estimate of drug-likeness (QED) is 0.426. The van der Waals surface area contributed by atoms with E-state index in [1.165, 1.54) is 0 Å². The van der Waals surface area contributed by atoms with Crippen LogP contribution in [0, 0.1) is 13.8 Å². The molecule has 0 saturated heterocycles. The van der Waals surface area contributed by atoms with Crippen LogP contribution in [0.15, 0.2) is 71.6 Å². The van der Waals surface area contributed by atoms with Crippen molar-refractivity contribution in [1.29, 1.82) is 0 Å². The lowest BCUT2D eigenvalue weighted by Crippen LogP contribution is -2.13. The van der Waals surface area contributed by atoms with Crippen molar-refractivity contribution in [3.05, 3.63) is 95.5 Å². The van der Waals surface area contributed by atoms with Crippen LogP contribution < -0.4 is 14.8 Å². The number of nitrogens with zero attached hydrogens (tertiary/aromatic N) is 2. The molecular formula is C25H25N3O4. The van der Waals surface area contributed by atoms with Gasteiger partial charge in [-0.1, -0.05) is 6.07 Å². The smallest absolute Gasteiger partial charge is 0.257 e.